The average Bonchev–Trinajstić information content (AvgIpc) is 2.32. The van der Waals surface area contributed by atoms with Gasteiger partial charge >= 0.3 is 0 Å². The van der Waals surface area contributed by atoms with Crippen molar-refractivity contribution in [1.82, 2.24) is 10.2 Å². The molecule has 92 valence electrons. The van der Waals surface area contributed by atoms with Gasteiger partial charge in [-0.3, -0.25) is 4.79 Å². The Kier molecular flexibility index (Phi) is 3.79. The molecular formula is C14H20N2O. The van der Waals surface area contributed by atoms with Gasteiger partial charge in [0.15, 0.2) is 0 Å². The maximum Gasteiger partial charge on any atom is 0.222 e. The minimum atomic E-state index is 0.263. The van der Waals surface area contributed by atoms with Gasteiger partial charge in [-0.2, -0.15) is 0 Å². The van der Waals surface area contributed by atoms with Gasteiger partial charge in [-0.05, 0) is 24.5 Å². The predicted octanol–water partition coefficient (Wildman–Crippen LogP) is 1.71. The quantitative estimate of drug-likeness (QED) is 0.860. The number of likely N-dealkylation sites (tertiary alicyclic amines) is 1. The van der Waals surface area contributed by atoms with Gasteiger partial charge in [0, 0.05) is 32.6 Å². The highest BCUT2D eigenvalue weighted by Crippen LogP contribution is 2.12. The number of hydrogen-bond acceptors (Lipinski definition) is 2. The van der Waals surface area contributed by atoms with E-state index in [-0.39, 0.29) is 5.91 Å². The van der Waals surface area contributed by atoms with Crippen LogP contribution in [0.15, 0.2) is 24.3 Å². The van der Waals surface area contributed by atoms with Crippen LogP contribution in [0.25, 0.3) is 0 Å². The van der Waals surface area contributed by atoms with E-state index in [2.05, 4.69) is 36.5 Å². The number of hydrogen-bond donors (Lipinski definition) is 1. The summed E-state index contributed by atoms with van der Waals surface area (Å²) in [7, 11) is 1.88. The lowest BCUT2D eigenvalue weighted by molar-refractivity contribution is -0.132. The largest absolute Gasteiger partial charge is 0.344 e. The third kappa shape index (κ3) is 3.07. The molecule has 1 unspecified atom stereocenters. The van der Waals surface area contributed by atoms with Crippen molar-refractivity contribution in [3.63, 3.8) is 0 Å². The summed E-state index contributed by atoms with van der Waals surface area (Å²) >= 11 is 0. The van der Waals surface area contributed by atoms with Crippen molar-refractivity contribution in [1.29, 1.82) is 0 Å². The summed E-state index contributed by atoms with van der Waals surface area (Å²) in [6, 6.07) is 8.84. The van der Waals surface area contributed by atoms with Crippen LogP contribution in [0.1, 0.15) is 24.0 Å². The fourth-order valence-corrected chi connectivity index (χ4v) is 2.24. The van der Waals surface area contributed by atoms with Crippen molar-refractivity contribution in [2.45, 2.75) is 32.4 Å². The second kappa shape index (κ2) is 5.32. The fourth-order valence-electron chi connectivity index (χ4n) is 2.24. The Bertz CT molecular complexity index is 403. The van der Waals surface area contributed by atoms with E-state index in [4.69, 9.17) is 0 Å². The van der Waals surface area contributed by atoms with Crippen molar-refractivity contribution in [2.24, 2.45) is 0 Å². The minimum absolute atomic E-state index is 0.263. The van der Waals surface area contributed by atoms with E-state index in [0.29, 0.717) is 12.5 Å². The van der Waals surface area contributed by atoms with Crippen molar-refractivity contribution in [3.05, 3.63) is 35.4 Å². The van der Waals surface area contributed by atoms with Crippen LogP contribution in [0.4, 0.5) is 0 Å². The summed E-state index contributed by atoms with van der Waals surface area (Å²) in [5, 5.41) is 3.54. The Morgan fingerprint density at radius 3 is 2.88 bits per heavy atom. The molecule has 1 saturated heterocycles. The fraction of sp³-hybridized carbons (Fsp3) is 0.500. The number of nitrogens with zero attached hydrogens (tertiary/aromatic N) is 1. The Hall–Kier alpha value is -1.35. The first-order valence-corrected chi connectivity index (χ1v) is 6.18. The highest BCUT2D eigenvalue weighted by molar-refractivity contribution is 5.76. The molecule has 1 aliphatic heterocycles. The molecule has 1 aliphatic rings. The molecule has 17 heavy (non-hydrogen) atoms. The number of aryl methyl sites for hydroxylation is 1. The van der Waals surface area contributed by atoms with E-state index < -0.39 is 0 Å². The zero-order valence-corrected chi connectivity index (χ0v) is 10.6. The lowest BCUT2D eigenvalue weighted by Crippen LogP contribution is -2.46. The maximum absolute atomic E-state index is 11.4. The van der Waals surface area contributed by atoms with Gasteiger partial charge < -0.3 is 10.2 Å². The average molecular weight is 232 g/mol. The SMILES string of the molecule is Cc1ccccc1CNC1CCC(=O)N(C)C1. The number of rotatable bonds is 3. The Labute approximate surface area is 103 Å². The molecular weight excluding hydrogens is 212 g/mol. The van der Waals surface area contributed by atoms with E-state index in [1.807, 2.05) is 11.9 Å². The molecule has 0 aromatic heterocycles. The topological polar surface area (TPSA) is 32.3 Å². The Balaban J connectivity index is 1.87. The van der Waals surface area contributed by atoms with Crippen LogP contribution in [0, 0.1) is 6.92 Å². The van der Waals surface area contributed by atoms with Crippen LogP contribution in [-0.2, 0) is 11.3 Å². The van der Waals surface area contributed by atoms with Crippen LogP contribution >= 0.6 is 0 Å². The molecule has 0 bridgehead atoms. The van der Waals surface area contributed by atoms with Crippen LogP contribution in [0.5, 0.6) is 0 Å². The lowest BCUT2D eigenvalue weighted by Gasteiger charge is -2.30. The van der Waals surface area contributed by atoms with Gasteiger partial charge in [-0.25, -0.2) is 0 Å². The number of carbonyl (C=O) groups is 1. The summed E-state index contributed by atoms with van der Waals surface area (Å²) in [5.74, 6) is 0.263. The van der Waals surface area contributed by atoms with Crippen molar-refractivity contribution in [2.75, 3.05) is 13.6 Å². The normalized spacial score (nSPS) is 20.7. The van der Waals surface area contributed by atoms with Gasteiger partial charge in [0.25, 0.3) is 0 Å². The van der Waals surface area contributed by atoms with Crippen LogP contribution in [0.2, 0.25) is 0 Å². The lowest BCUT2D eigenvalue weighted by atomic mass is 10.0. The van der Waals surface area contributed by atoms with Gasteiger partial charge in [0.1, 0.15) is 0 Å². The minimum Gasteiger partial charge on any atom is -0.344 e. The van der Waals surface area contributed by atoms with Crippen LogP contribution in [-0.4, -0.2) is 30.4 Å². The number of carbonyl (C=O) groups excluding carboxylic acids is 1. The zero-order chi connectivity index (χ0) is 12.3. The first-order chi connectivity index (χ1) is 8.16. The first kappa shape index (κ1) is 12.1. The molecule has 1 aromatic rings. The summed E-state index contributed by atoms with van der Waals surface area (Å²) in [6.45, 7) is 3.84. The number of likely N-dealkylation sites (N-methyl/N-ethyl adjacent to an activating group) is 1. The molecule has 3 heteroatoms. The molecule has 1 N–H and O–H groups in total. The molecule has 1 aromatic carbocycles. The van der Waals surface area contributed by atoms with Crippen molar-refractivity contribution in [3.8, 4) is 0 Å². The van der Waals surface area contributed by atoms with Crippen LogP contribution < -0.4 is 5.32 Å². The van der Waals surface area contributed by atoms with E-state index in [0.717, 1.165) is 19.5 Å². The molecule has 1 fully saturated rings. The third-order valence-corrected chi connectivity index (χ3v) is 3.47. The summed E-state index contributed by atoms with van der Waals surface area (Å²) in [6.07, 6.45) is 1.62. The smallest absolute Gasteiger partial charge is 0.222 e. The Morgan fingerprint density at radius 1 is 1.41 bits per heavy atom. The van der Waals surface area contributed by atoms with Gasteiger partial charge in [0.05, 0.1) is 0 Å². The monoisotopic (exact) mass is 232 g/mol. The number of nitrogens with one attached hydrogen (secondary N) is 1. The first-order valence-electron chi connectivity index (χ1n) is 6.18. The molecule has 1 atom stereocenters. The van der Waals surface area contributed by atoms with Gasteiger partial charge in [-0.15, -0.1) is 0 Å². The van der Waals surface area contributed by atoms with Crippen LogP contribution in [0.3, 0.4) is 0 Å². The molecule has 2 rings (SSSR count). The zero-order valence-electron chi connectivity index (χ0n) is 10.6. The summed E-state index contributed by atoms with van der Waals surface area (Å²) < 4.78 is 0. The molecule has 1 heterocycles. The number of piperidine rings is 1. The molecule has 0 saturated carbocycles. The number of benzene rings is 1. The summed E-state index contributed by atoms with van der Waals surface area (Å²) in [4.78, 5) is 13.2. The molecule has 3 nitrogen and oxygen atoms in total. The highest BCUT2D eigenvalue weighted by atomic mass is 16.2. The predicted molar refractivity (Wildman–Crippen MR) is 68.7 cm³/mol. The van der Waals surface area contributed by atoms with Gasteiger partial charge in [-0.1, -0.05) is 24.3 Å². The highest BCUT2D eigenvalue weighted by Gasteiger charge is 2.22. The Morgan fingerprint density at radius 2 is 2.18 bits per heavy atom. The molecule has 0 spiro atoms. The van der Waals surface area contributed by atoms with E-state index in [1.54, 1.807) is 0 Å². The maximum atomic E-state index is 11.4. The summed E-state index contributed by atoms with van der Waals surface area (Å²) in [5.41, 5.74) is 2.66. The van der Waals surface area contributed by atoms with Crippen molar-refractivity contribution < 1.29 is 4.79 Å². The molecule has 0 aliphatic carbocycles. The van der Waals surface area contributed by atoms with E-state index >= 15 is 0 Å². The van der Waals surface area contributed by atoms with Crippen molar-refractivity contribution >= 4 is 5.91 Å². The third-order valence-electron chi connectivity index (χ3n) is 3.47. The van der Waals surface area contributed by atoms with E-state index in [9.17, 15) is 4.79 Å². The number of amides is 1. The molecule has 1 amide bonds. The second-order valence-electron chi connectivity index (χ2n) is 4.82. The molecule has 0 radical (unpaired) electrons. The standard InChI is InChI=1S/C14H20N2O/c1-11-5-3-4-6-12(11)9-15-13-7-8-14(17)16(2)10-13/h3-6,13,15H,7-10H2,1-2H3. The van der Waals surface area contributed by atoms with E-state index in [1.165, 1.54) is 11.1 Å². The second-order valence-corrected chi connectivity index (χ2v) is 4.82. The van der Waals surface area contributed by atoms with Gasteiger partial charge in [0.2, 0.25) is 5.91 Å².